The Labute approximate surface area is 173 Å². The number of halogens is 1. The van der Waals surface area contributed by atoms with E-state index in [0.717, 1.165) is 57.1 Å². The average molecular weight is 412 g/mol. The quantitative estimate of drug-likeness (QED) is 0.297. The molecule has 2 aromatic heterocycles. The normalized spacial score (nSPS) is 11.4. The number of fused-ring (bicyclic) bond motifs is 1. The largest absolute Gasteiger partial charge is 0.320 e. The summed E-state index contributed by atoms with van der Waals surface area (Å²) < 4.78 is 4.32. The lowest BCUT2D eigenvalue weighted by atomic mass is 10.3. The van der Waals surface area contributed by atoms with E-state index in [9.17, 15) is 0 Å². The molecule has 0 aliphatic heterocycles. The first-order valence-corrected chi connectivity index (χ1v) is 10.8. The summed E-state index contributed by atoms with van der Waals surface area (Å²) in [5.74, 6) is 2.87. The molecule has 2 heterocycles. The number of para-hydroxylation sites is 2. The van der Waals surface area contributed by atoms with E-state index >= 15 is 0 Å². The number of aryl methyl sites for hydroxylation is 1. The van der Waals surface area contributed by atoms with Crippen molar-refractivity contribution in [2.24, 2.45) is 0 Å². The lowest BCUT2D eigenvalue weighted by Crippen LogP contribution is -2.09. The number of thioether (sulfide) groups is 1. The summed E-state index contributed by atoms with van der Waals surface area (Å²) in [5.41, 5.74) is 3.12. The molecule has 4 rings (SSSR count). The van der Waals surface area contributed by atoms with Crippen LogP contribution in [0.4, 0.5) is 0 Å². The third kappa shape index (κ3) is 3.80. The topological polar surface area (TPSA) is 48.5 Å². The second kappa shape index (κ2) is 8.37. The first-order valence-electron chi connectivity index (χ1n) is 9.42. The highest BCUT2D eigenvalue weighted by molar-refractivity contribution is 7.99. The fourth-order valence-electron chi connectivity index (χ4n) is 3.19. The molecule has 0 saturated heterocycles. The molecule has 0 N–H and O–H groups in total. The predicted molar refractivity (Wildman–Crippen MR) is 116 cm³/mol. The van der Waals surface area contributed by atoms with Gasteiger partial charge >= 0.3 is 0 Å². The third-order valence-electron chi connectivity index (χ3n) is 4.66. The molecular formula is C21H22ClN5S. The van der Waals surface area contributed by atoms with Crippen LogP contribution in [0.1, 0.15) is 31.4 Å². The number of benzene rings is 2. The fourth-order valence-corrected chi connectivity index (χ4v) is 4.37. The van der Waals surface area contributed by atoms with Crippen LogP contribution < -0.4 is 0 Å². The molecule has 144 valence electrons. The Morgan fingerprint density at radius 2 is 1.82 bits per heavy atom. The first kappa shape index (κ1) is 19.0. The fraction of sp³-hybridized carbons (Fsp3) is 0.286. The number of nitrogens with zero attached hydrogens (tertiary/aromatic N) is 5. The first-order chi connectivity index (χ1) is 13.7. The molecule has 0 unspecified atom stereocenters. The Kier molecular flexibility index (Phi) is 5.69. The minimum Gasteiger partial charge on any atom is -0.320 e. The molecule has 0 saturated carbocycles. The zero-order valence-corrected chi connectivity index (χ0v) is 17.5. The van der Waals surface area contributed by atoms with Gasteiger partial charge in [0.1, 0.15) is 5.82 Å². The van der Waals surface area contributed by atoms with E-state index < -0.39 is 0 Å². The average Bonchev–Trinajstić information content (AvgIpc) is 3.24. The highest BCUT2D eigenvalue weighted by Gasteiger charge is 2.17. The van der Waals surface area contributed by atoms with Gasteiger partial charge in [-0.05, 0) is 49.7 Å². The van der Waals surface area contributed by atoms with Gasteiger partial charge in [0.05, 0.1) is 17.6 Å². The lowest BCUT2D eigenvalue weighted by molar-refractivity contribution is 0.711. The van der Waals surface area contributed by atoms with Crippen molar-refractivity contribution in [1.29, 1.82) is 0 Å². The second-order valence-corrected chi connectivity index (χ2v) is 8.15. The molecule has 0 aliphatic carbocycles. The molecule has 0 aliphatic rings. The molecule has 2 aromatic carbocycles. The third-order valence-corrected chi connectivity index (χ3v) is 5.93. The molecule has 4 aromatic rings. The zero-order valence-electron chi connectivity index (χ0n) is 16.0. The van der Waals surface area contributed by atoms with Gasteiger partial charge in [-0.15, -0.1) is 10.2 Å². The molecule has 0 fully saturated rings. The zero-order chi connectivity index (χ0) is 19.5. The molecule has 0 spiro atoms. The summed E-state index contributed by atoms with van der Waals surface area (Å²) in [6, 6.07) is 16.0. The Bertz CT molecular complexity index is 1080. The van der Waals surface area contributed by atoms with Gasteiger partial charge in [-0.1, -0.05) is 48.8 Å². The van der Waals surface area contributed by atoms with Crippen molar-refractivity contribution < 1.29 is 0 Å². The minimum atomic E-state index is 0.607. The summed E-state index contributed by atoms with van der Waals surface area (Å²) in [4.78, 5) is 4.67. The molecule has 7 heteroatoms. The monoisotopic (exact) mass is 411 g/mol. The van der Waals surface area contributed by atoms with Crippen LogP contribution in [0.15, 0.2) is 53.7 Å². The summed E-state index contributed by atoms with van der Waals surface area (Å²) in [5, 5.41) is 10.6. The molecule has 5 nitrogen and oxygen atoms in total. The Morgan fingerprint density at radius 3 is 2.61 bits per heavy atom. The van der Waals surface area contributed by atoms with Gasteiger partial charge in [0.15, 0.2) is 11.0 Å². The molecule has 0 radical (unpaired) electrons. The van der Waals surface area contributed by atoms with Crippen molar-refractivity contribution in [3.63, 3.8) is 0 Å². The maximum atomic E-state index is 6.10. The van der Waals surface area contributed by atoms with Crippen LogP contribution in [0, 0.1) is 6.92 Å². The van der Waals surface area contributed by atoms with E-state index in [1.807, 2.05) is 49.4 Å². The number of rotatable bonds is 7. The number of aromatic nitrogens is 5. The van der Waals surface area contributed by atoms with E-state index in [1.165, 1.54) is 0 Å². The van der Waals surface area contributed by atoms with Gasteiger partial charge in [0.2, 0.25) is 0 Å². The highest BCUT2D eigenvalue weighted by atomic mass is 35.5. The van der Waals surface area contributed by atoms with Crippen molar-refractivity contribution in [1.82, 2.24) is 24.3 Å². The van der Waals surface area contributed by atoms with Crippen LogP contribution in [-0.4, -0.2) is 30.1 Å². The van der Waals surface area contributed by atoms with Crippen molar-refractivity contribution in [2.45, 2.75) is 38.4 Å². The summed E-state index contributed by atoms with van der Waals surface area (Å²) in [6.07, 6.45) is 2.31. The lowest BCUT2D eigenvalue weighted by Gasteiger charge is -2.12. The maximum Gasteiger partial charge on any atom is 0.195 e. The Hall–Kier alpha value is -2.31. The minimum absolute atomic E-state index is 0.607. The van der Waals surface area contributed by atoms with Crippen molar-refractivity contribution in [3.05, 3.63) is 65.2 Å². The number of imidazole rings is 1. The van der Waals surface area contributed by atoms with E-state index in [1.54, 1.807) is 11.8 Å². The van der Waals surface area contributed by atoms with E-state index in [0.29, 0.717) is 6.54 Å². The SMILES string of the molecule is CCCCSc1nnc(Cn2c(C)nc3ccccc32)n1-c1ccc(Cl)cc1. The van der Waals surface area contributed by atoms with E-state index in [4.69, 9.17) is 11.6 Å². The standard InChI is InChI=1S/C21H22ClN5S/c1-3-4-13-28-21-25-24-20(27(21)17-11-9-16(22)10-12-17)14-26-15(2)23-18-7-5-6-8-19(18)26/h5-12H,3-4,13-14H2,1-2H3. The maximum absolute atomic E-state index is 6.10. The Morgan fingerprint density at radius 1 is 1.04 bits per heavy atom. The van der Waals surface area contributed by atoms with Gasteiger partial charge in [-0.3, -0.25) is 4.57 Å². The predicted octanol–water partition coefficient (Wildman–Crippen LogP) is 5.52. The number of unbranched alkanes of at least 4 members (excludes halogenated alkanes) is 1. The van der Waals surface area contributed by atoms with Crippen LogP contribution in [0.2, 0.25) is 5.02 Å². The summed E-state index contributed by atoms with van der Waals surface area (Å²) >= 11 is 7.84. The molecule has 0 atom stereocenters. The number of hydrogen-bond acceptors (Lipinski definition) is 4. The number of hydrogen-bond donors (Lipinski definition) is 0. The summed E-state index contributed by atoms with van der Waals surface area (Å²) in [6.45, 7) is 4.83. The summed E-state index contributed by atoms with van der Waals surface area (Å²) in [7, 11) is 0. The molecule has 28 heavy (non-hydrogen) atoms. The second-order valence-electron chi connectivity index (χ2n) is 6.65. The van der Waals surface area contributed by atoms with Gasteiger partial charge in [0, 0.05) is 16.5 Å². The van der Waals surface area contributed by atoms with Crippen LogP contribution in [0.5, 0.6) is 0 Å². The molecule has 0 bridgehead atoms. The van der Waals surface area contributed by atoms with E-state index in [2.05, 4.69) is 37.3 Å². The van der Waals surface area contributed by atoms with Gasteiger partial charge in [-0.25, -0.2) is 4.98 Å². The van der Waals surface area contributed by atoms with Gasteiger partial charge in [0.25, 0.3) is 0 Å². The smallest absolute Gasteiger partial charge is 0.195 e. The molecular weight excluding hydrogens is 390 g/mol. The van der Waals surface area contributed by atoms with Crippen LogP contribution in [0.25, 0.3) is 16.7 Å². The Balaban J connectivity index is 1.75. The highest BCUT2D eigenvalue weighted by Crippen LogP contribution is 2.25. The van der Waals surface area contributed by atoms with E-state index in [-0.39, 0.29) is 0 Å². The van der Waals surface area contributed by atoms with Gasteiger partial charge < -0.3 is 4.57 Å². The van der Waals surface area contributed by atoms with Crippen LogP contribution >= 0.6 is 23.4 Å². The van der Waals surface area contributed by atoms with Crippen molar-refractivity contribution >= 4 is 34.4 Å². The molecule has 0 amide bonds. The van der Waals surface area contributed by atoms with Crippen LogP contribution in [-0.2, 0) is 6.54 Å². The van der Waals surface area contributed by atoms with Crippen LogP contribution in [0.3, 0.4) is 0 Å². The van der Waals surface area contributed by atoms with Crippen molar-refractivity contribution in [2.75, 3.05) is 5.75 Å². The van der Waals surface area contributed by atoms with Crippen molar-refractivity contribution in [3.8, 4) is 5.69 Å². The van der Waals surface area contributed by atoms with Gasteiger partial charge in [-0.2, -0.15) is 0 Å².